The fraction of sp³-hybridized carbons (Fsp3) is 0.571. The molecule has 0 bridgehead atoms. The molecular formula is C7H10O3. The molecule has 1 aliphatic rings. The van der Waals surface area contributed by atoms with Crippen LogP contribution in [-0.4, -0.2) is 23.3 Å². The smallest absolute Gasteiger partial charge is 0.340 e. The van der Waals surface area contributed by atoms with E-state index in [9.17, 15) is 4.79 Å². The van der Waals surface area contributed by atoms with Crippen molar-refractivity contribution in [3.05, 3.63) is 12.2 Å². The first-order chi connectivity index (χ1) is 4.57. The van der Waals surface area contributed by atoms with Gasteiger partial charge in [0.15, 0.2) is 5.60 Å². The van der Waals surface area contributed by atoms with Crippen molar-refractivity contribution in [2.75, 3.05) is 6.61 Å². The lowest BCUT2D eigenvalue weighted by atomic mass is 9.98. The van der Waals surface area contributed by atoms with Gasteiger partial charge in [0.2, 0.25) is 0 Å². The fourth-order valence-electron chi connectivity index (χ4n) is 0.932. The topological polar surface area (TPSA) is 46.5 Å². The second-order valence-electron chi connectivity index (χ2n) is 2.54. The van der Waals surface area contributed by atoms with Crippen LogP contribution in [0.1, 0.15) is 13.3 Å². The van der Waals surface area contributed by atoms with Crippen LogP contribution in [0, 0.1) is 0 Å². The summed E-state index contributed by atoms with van der Waals surface area (Å²) in [5, 5.41) is 8.66. The van der Waals surface area contributed by atoms with Gasteiger partial charge in [-0.2, -0.15) is 0 Å². The van der Waals surface area contributed by atoms with E-state index in [1.54, 1.807) is 0 Å². The molecular weight excluding hydrogens is 132 g/mol. The molecule has 56 valence electrons. The number of hydrogen-bond acceptors (Lipinski definition) is 2. The average Bonchev–Trinajstić information content (AvgIpc) is 2.15. The number of carbonyl (C=O) groups is 1. The molecule has 3 nitrogen and oxygen atoms in total. The Balaban J connectivity index is 2.86. The SMILES string of the molecule is C=C1CCOC1(C)C(=O)O. The van der Waals surface area contributed by atoms with Crippen LogP contribution >= 0.6 is 0 Å². The second kappa shape index (κ2) is 2.09. The van der Waals surface area contributed by atoms with Gasteiger partial charge in [0.05, 0.1) is 6.61 Å². The van der Waals surface area contributed by atoms with Gasteiger partial charge in [0.1, 0.15) is 0 Å². The first-order valence-corrected chi connectivity index (χ1v) is 3.13. The molecule has 1 fully saturated rings. The highest BCUT2D eigenvalue weighted by atomic mass is 16.5. The third-order valence-electron chi connectivity index (χ3n) is 1.88. The summed E-state index contributed by atoms with van der Waals surface area (Å²) in [4.78, 5) is 10.5. The van der Waals surface area contributed by atoms with E-state index in [1.165, 1.54) is 6.92 Å². The first-order valence-electron chi connectivity index (χ1n) is 3.13. The summed E-state index contributed by atoms with van der Waals surface area (Å²) >= 11 is 0. The van der Waals surface area contributed by atoms with Crippen molar-refractivity contribution >= 4 is 5.97 Å². The molecule has 0 spiro atoms. The molecule has 0 saturated carbocycles. The Morgan fingerprint density at radius 1 is 1.90 bits per heavy atom. The Labute approximate surface area is 59.3 Å². The van der Waals surface area contributed by atoms with E-state index in [0.717, 1.165) is 0 Å². The molecule has 0 aromatic heterocycles. The molecule has 1 heterocycles. The maximum absolute atomic E-state index is 10.5. The van der Waals surface area contributed by atoms with Crippen molar-refractivity contribution in [3.8, 4) is 0 Å². The molecule has 0 amide bonds. The average molecular weight is 142 g/mol. The number of carboxylic acids is 1. The summed E-state index contributed by atoms with van der Waals surface area (Å²) in [6, 6.07) is 0. The summed E-state index contributed by atoms with van der Waals surface area (Å²) < 4.78 is 5.02. The Hall–Kier alpha value is -0.830. The van der Waals surface area contributed by atoms with E-state index >= 15 is 0 Å². The number of hydrogen-bond donors (Lipinski definition) is 1. The van der Waals surface area contributed by atoms with Crippen molar-refractivity contribution in [2.24, 2.45) is 0 Å². The summed E-state index contributed by atoms with van der Waals surface area (Å²) in [6.45, 7) is 5.63. The van der Waals surface area contributed by atoms with E-state index in [2.05, 4.69) is 6.58 Å². The summed E-state index contributed by atoms with van der Waals surface area (Å²) in [6.07, 6.45) is 0.656. The monoisotopic (exact) mass is 142 g/mol. The lowest BCUT2D eigenvalue weighted by Gasteiger charge is -2.17. The fourth-order valence-corrected chi connectivity index (χ4v) is 0.932. The predicted molar refractivity (Wildman–Crippen MR) is 35.7 cm³/mol. The van der Waals surface area contributed by atoms with Gasteiger partial charge in [-0.25, -0.2) is 4.79 Å². The molecule has 1 N–H and O–H groups in total. The highest BCUT2D eigenvalue weighted by Crippen LogP contribution is 2.29. The maximum Gasteiger partial charge on any atom is 0.340 e. The Morgan fingerprint density at radius 3 is 2.70 bits per heavy atom. The van der Waals surface area contributed by atoms with Crippen molar-refractivity contribution in [1.29, 1.82) is 0 Å². The number of rotatable bonds is 1. The molecule has 3 heteroatoms. The van der Waals surface area contributed by atoms with Crippen LogP contribution in [0.25, 0.3) is 0 Å². The van der Waals surface area contributed by atoms with Crippen LogP contribution < -0.4 is 0 Å². The Bertz CT molecular complexity index is 185. The molecule has 0 aliphatic carbocycles. The lowest BCUT2D eigenvalue weighted by molar-refractivity contribution is -0.154. The molecule has 1 saturated heterocycles. The van der Waals surface area contributed by atoms with Crippen LogP contribution in [0.3, 0.4) is 0 Å². The summed E-state index contributed by atoms with van der Waals surface area (Å²) in [5.41, 5.74) is -0.472. The molecule has 1 atom stereocenters. The second-order valence-corrected chi connectivity index (χ2v) is 2.54. The van der Waals surface area contributed by atoms with Crippen LogP contribution in [0.4, 0.5) is 0 Å². The van der Waals surface area contributed by atoms with Crippen molar-refractivity contribution < 1.29 is 14.6 Å². The number of aliphatic carboxylic acids is 1. The standard InChI is InChI=1S/C7H10O3/c1-5-3-4-10-7(5,2)6(8)9/h1,3-4H2,2H3,(H,8,9). The third-order valence-corrected chi connectivity index (χ3v) is 1.88. The molecule has 10 heavy (non-hydrogen) atoms. The van der Waals surface area contributed by atoms with Gasteiger partial charge in [0, 0.05) is 0 Å². The van der Waals surface area contributed by atoms with E-state index in [0.29, 0.717) is 18.6 Å². The summed E-state index contributed by atoms with van der Waals surface area (Å²) in [7, 11) is 0. The zero-order valence-electron chi connectivity index (χ0n) is 5.89. The lowest BCUT2D eigenvalue weighted by Crippen LogP contribution is -2.35. The van der Waals surface area contributed by atoms with Gasteiger partial charge in [0.25, 0.3) is 0 Å². The first kappa shape index (κ1) is 7.28. The third kappa shape index (κ3) is 0.827. The zero-order valence-corrected chi connectivity index (χ0v) is 5.89. The van der Waals surface area contributed by atoms with E-state index in [-0.39, 0.29) is 0 Å². The van der Waals surface area contributed by atoms with Gasteiger partial charge in [-0.3, -0.25) is 0 Å². The largest absolute Gasteiger partial charge is 0.479 e. The number of ether oxygens (including phenoxy) is 1. The highest BCUT2D eigenvalue weighted by molar-refractivity contribution is 5.81. The maximum atomic E-state index is 10.5. The van der Waals surface area contributed by atoms with Crippen molar-refractivity contribution in [3.63, 3.8) is 0 Å². The highest BCUT2D eigenvalue weighted by Gasteiger charge is 2.41. The Kier molecular flexibility index (Phi) is 1.52. The summed E-state index contributed by atoms with van der Waals surface area (Å²) in [5.74, 6) is -0.949. The molecule has 1 aliphatic heterocycles. The molecule has 0 aromatic carbocycles. The minimum atomic E-state index is -1.12. The van der Waals surface area contributed by atoms with Crippen molar-refractivity contribution in [1.82, 2.24) is 0 Å². The predicted octanol–water partition coefficient (Wildman–Crippen LogP) is 0.806. The van der Waals surface area contributed by atoms with E-state index in [4.69, 9.17) is 9.84 Å². The zero-order chi connectivity index (χ0) is 7.78. The molecule has 1 rings (SSSR count). The van der Waals surface area contributed by atoms with Crippen molar-refractivity contribution in [2.45, 2.75) is 18.9 Å². The van der Waals surface area contributed by atoms with Crippen LogP contribution in [0.5, 0.6) is 0 Å². The minimum absolute atomic E-state index is 0.474. The van der Waals surface area contributed by atoms with E-state index < -0.39 is 11.6 Å². The Morgan fingerprint density at radius 2 is 2.50 bits per heavy atom. The van der Waals surface area contributed by atoms with E-state index in [1.807, 2.05) is 0 Å². The van der Waals surface area contributed by atoms with Crippen LogP contribution in [-0.2, 0) is 9.53 Å². The van der Waals surface area contributed by atoms with Gasteiger partial charge in [-0.1, -0.05) is 6.58 Å². The van der Waals surface area contributed by atoms with Crippen LogP contribution in [0.2, 0.25) is 0 Å². The van der Waals surface area contributed by atoms with Gasteiger partial charge < -0.3 is 9.84 Å². The molecule has 0 radical (unpaired) electrons. The van der Waals surface area contributed by atoms with Gasteiger partial charge in [-0.05, 0) is 18.9 Å². The van der Waals surface area contributed by atoms with Gasteiger partial charge >= 0.3 is 5.97 Å². The van der Waals surface area contributed by atoms with Gasteiger partial charge in [-0.15, -0.1) is 0 Å². The quantitative estimate of drug-likeness (QED) is 0.551. The normalized spacial score (nSPS) is 32.7. The molecule has 1 unspecified atom stereocenters. The van der Waals surface area contributed by atoms with Crippen LogP contribution in [0.15, 0.2) is 12.2 Å². The minimum Gasteiger partial charge on any atom is -0.479 e. The number of carboxylic acid groups (broad SMARTS) is 1. The molecule has 0 aromatic rings.